The first-order valence-corrected chi connectivity index (χ1v) is 12.8. The second kappa shape index (κ2) is 12.1. The molecule has 9 nitrogen and oxygen atoms in total. The van der Waals surface area contributed by atoms with E-state index in [0.717, 1.165) is 0 Å². The quantitative estimate of drug-likeness (QED) is 0.578. The Bertz CT molecular complexity index is 1220. The summed E-state index contributed by atoms with van der Waals surface area (Å²) in [6, 6.07) is 9.99. The number of benzene rings is 2. The van der Waals surface area contributed by atoms with E-state index >= 15 is 0 Å². The number of urea groups is 1. The summed E-state index contributed by atoms with van der Waals surface area (Å²) < 4.78 is 42.2. The van der Waals surface area contributed by atoms with Crippen LogP contribution in [0.5, 0.6) is 5.75 Å². The first-order chi connectivity index (χ1) is 18.5. The lowest BCUT2D eigenvalue weighted by molar-refractivity contribution is -0.153. The lowest BCUT2D eigenvalue weighted by atomic mass is 10.1. The molecule has 4 rings (SSSR count). The van der Waals surface area contributed by atoms with Crippen LogP contribution in [0.15, 0.2) is 42.5 Å². The van der Waals surface area contributed by atoms with Gasteiger partial charge in [-0.1, -0.05) is 29.8 Å². The fourth-order valence-electron chi connectivity index (χ4n) is 4.52. The summed E-state index contributed by atoms with van der Waals surface area (Å²) in [5.74, 6) is -0.753. The molecule has 4 amide bonds. The molecule has 0 saturated carbocycles. The smallest absolute Gasteiger partial charge is 0.422 e. The van der Waals surface area contributed by atoms with Crippen molar-refractivity contribution in [2.75, 3.05) is 50.8 Å². The third-order valence-corrected chi connectivity index (χ3v) is 6.85. The number of para-hydroxylation sites is 1. The SMILES string of the molecule is C[C@@H]1CN(C(=O)c2ccc(OCC(F)(F)F)cc2Cl)c2ccccc2CN1C(=O)NCC(=O)N1CCNCC1. The van der Waals surface area contributed by atoms with Gasteiger partial charge >= 0.3 is 12.2 Å². The van der Waals surface area contributed by atoms with Crippen molar-refractivity contribution in [1.29, 1.82) is 0 Å². The van der Waals surface area contributed by atoms with Crippen molar-refractivity contribution in [1.82, 2.24) is 20.4 Å². The van der Waals surface area contributed by atoms with Gasteiger partial charge in [0.05, 0.1) is 17.1 Å². The van der Waals surface area contributed by atoms with Gasteiger partial charge in [0, 0.05) is 51.0 Å². The Morgan fingerprint density at radius 1 is 1.13 bits per heavy atom. The molecule has 2 aliphatic heterocycles. The molecule has 210 valence electrons. The predicted molar refractivity (Wildman–Crippen MR) is 139 cm³/mol. The minimum Gasteiger partial charge on any atom is -0.484 e. The summed E-state index contributed by atoms with van der Waals surface area (Å²) in [5.41, 5.74) is 1.37. The molecule has 39 heavy (non-hydrogen) atoms. The molecular weight excluding hydrogens is 539 g/mol. The average Bonchev–Trinajstić information content (AvgIpc) is 3.06. The zero-order valence-electron chi connectivity index (χ0n) is 21.3. The van der Waals surface area contributed by atoms with Crippen molar-refractivity contribution < 1.29 is 32.3 Å². The van der Waals surface area contributed by atoms with Crippen molar-refractivity contribution in [3.05, 3.63) is 58.6 Å². The second-order valence-corrected chi connectivity index (χ2v) is 9.76. The summed E-state index contributed by atoms with van der Waals surface area (Å²) in [6.07, 6.45) is -4.51. The number of nitrogens with one attached hydrogen (secondary N) is 2. The number of fused-ring (bicyclic) bond motifs is 1. The van der Waals surface area contributed by atoms with E-state index in [1.807, 2.05) is 0 Å². The number of hydrogen-bond donors (Lipinski definition) is 2. The Hall–Kier alpha value is -3.51. The fourth-order valence-corrected chi connectivity index (χ4v) is 4.77. The number of ether oxygens (including phenoxy) is 1. The van der Waals surface area contributed by atoms with Gasteiger partial charge in [-0.2, -0.15) is 13.2 Å². The average molecular weight is 568 g/mol. The first-order valence-electron chi connectivity index (χ1n) is 12.5. The van der Waals surface area contributed by atoms with Gasteiger partial charge in [0.25, 0.3) is 5.91 Å². The molecule has 0 spiro atoms. The molecule has 2 aromatic carbocycles. The monoisotopic (exact) mass is 567 g/mol. The van der Waals surface area contributed by atoms with Crippen LogP contribution in [0, 0.1) is 0 Å². The first kappa shape index (κ1) is 28.5. The van der Waals surface area contributed by atoms with Crippen LogP contribution in [0.1, 0.15) is 22.8 Å². The van der Waals surface area contributed by atoms with E-state index in [1.54, 1.807) is 41.0 Å². The maximum atomic E-state index is 13.6. The molecule has 13 heteroatoms. The number of rotatable bonds is 5. The van der Waals surface area contributed by atoms with E-state index in [2.05, 4.69) is 10.6 Å². The topological polar surface area (TPSA) is 94.2 Å². The Morgan fingerprint density at radius 3 is 2.54 bits per heavy atom. The van der Waals surface area contributed by atoms with Gasteiger partial charge in [0.2, 0.25) is 5.91 Å². The fraction of sp³-hybridized carbons (Fsp3) is 0.423. The highest BCUT2D eigenvalue weighted by atomic mass is 35.5. The van der Waals surface area contributed by atoms with Gasteiger partial charge in [0.15, 0.2) is 6.61 Å². The standard InChI is InChI=1S/C26H29ClF3N5O4/c1-17-14-35(24(37)20-7-6-19(12-21(20)27)39-16-26(28,29)30)22-5-3-2-4-18(22)15-34(17)25(38)32-13-23(36)33-10-8-31-9-11-33/h2-7,12,17,31H,8-11,13-16H2,1H3,(H,32,38)/t17-/m1/s1. The number of piperazine rings is 1. The minimum absolute atomic E-state index is 0.0601. The van der Waals surface area contributed by atoms with Crippen LogP contribution in [0.2, 0.25) is 5.02 Å². The van der Waals surface area contributed by atoms with Crippen LogP contribution < -0.4 is 20.3 Å². The van der Waals surface area contributed by atoms with Gasteiger partial charge in [-0.3, -0.25) is 9.59 Å². The van der Waals surface area contributed by atoms with E-state index in [1.165, 1.54) is 23.1 Å². The van der Waals surface area contributed by atoms with Crippen molar-refractivity contribution in [2.45, 2.75) is 25.7 Å². The summed E-state index contributed by atoms with van der Waals surface area (Å²) in [7, 11) is 0. The Morgan fingerprint density at radius 2 is 1.85 bits per heavy atom. The number of amides is 4. The molecule has 2 aromatic rings. The Kier molecular flexibility index (Phi) is 8.86. The largest absolute Gasteiger partial charge is 0.484 e. The number of anilines is 1. The van der Waals surface area contributed by atoms with Gasteiger partial charge in [-0.15, -0.1) is 0 Å². The highest BCUT2D eigenvalue weighted by Crippen LogP contribution is 2.31. The molecule has 2 aliphatic rings. The van der Waals surface area contributed by atoms with Crippen LogP contribution in [-0.4, -0.2) is 85.7 Å². The van der Waals surface area contributed by atoms with E-state index in [9.17, 15) is 27.6 Å². The predicted octanol–water partition coefficient (Wildman–Crippen LogP) is 3.27. The summed E-state index contributed by atoms with van der Waals surface area (Å²) in [5, 5.41) is 5.82. The summed E-state index contributed by atoms with van der Waals surface area (Å²) in [4.78, 5) is 44.0. The molecule has 0 bridgehead atoms. The molecule has 1 fully saturated rings. The number of halogens is 4. The van der Waals surface area contributed by atoms with Crippen molar-refractivity contribution in [3.8, 4) is 5.75 Å². The van der Waals surface area contributed by atoms with Gasteiger partial charge in [-0.25, -0.2) is 4.79 Å². The highest BCUT2D eigenvalue weighted by Gasteiger charge is 2.33. The van der Waals surface area contributed by atoms with Crippen LogP contribution >= 0.6 is 11.6 Å². The number of alkyl halides is 3. The molecule has 1 atom stereocenters. The van der Waals surface area contributed by atoms with Gasteiger partial charge in [0.1, 0.15) is 5.75 Å². The van der Waals surface area contributed by atoms with E-state index < -0.39 is 30.8 Å². The van der Waals surface area contributed by atoms with E-state index in [4.69, 9.17) is 16.3 Å². The van der Waals surface area contributed by atoms with E-state index in [0.29, 0.717) is 37.4 Å². The lowest BCUT2D eigenvalue weighted by Crippen LogP contribution is -2.52. The number of carbonyl (C=O) groups is 3. The van der Waals surface area contributed by atoms with Crippen LogP contribution in [0.25, 0.3) is 0 Å². The summed E-state index contributed by atoms with van der Waals surface area (Å²) in [6.45, 7) is 3.07. The van der Waals surface area contributed by atoms with E-state index in [-0.39, 0.29) is 41.9 Å². The van der Waals surface area contributed by atoms with Crippen LogP contribution in [0.3, 0.4) is 0 Å². The number of nitrogens with zero attached hydrogens (tertiary/aromatic N) is 3. The van der Waals surface area contributed by atoms with Crippen LogP contribution in [-0.2, 0) is 11.3 Å². The molecule has 0 aromatic heterocycles. The number of carbonyl (C=O) groups excluding carboxylic acids is 3. The molecule has 0 radical (unpaired) electrons. The zero-order chi connectivity index (χ0) is 28.2. The lowest BCUT2D eigenvalue weighted by Gasteiger charge is -2.30. The maximum Gasteiger partial charge on any atom is 0.422 e. The van der Waals surface area contributed by atoms with Gasteiger partial charge in [-0.05, 0) is 36.8 Å². The Labute approximate surface area is 228 Å². The van der Waals surface area contributed by atoms with Crippen molar-refractivity contribution in [2.24, 2.45) is 0 Å². The number of hydrogen-bond acceptors (Lipinski definition) is 5. The van der Waals surface area contributed by atoms with Crippen molar-refractivity contribution in [3.63, 3.8) is 0 Å². The third kappa shape index (κ3) is 7.12. The molecular formula is C26H29ClF3N5O4. The molecule has 2 N–H and O–H groups in total. The molecule has 0 aliphatic carbocycles. The molecule has 0 unspecified atom stereocenters. The Balaban J connectivity index is 1.49. The normalized spacial score (nSPS) is 17.8. The minimum atomic E-state index is -4.51. The maximum absolute atomic E-state index is 13.6. The molecule has 1 saturated heterocycles. The zero-order valence-corrected chi connectivity index (χ0v) is 22.0. The van der Waals surface area contributed by atoms with Crippen molar-refractivity contribution >= 4 is 35.1 Å². The van der Waals surface area contributed by atoms with Crippen LogP contribution in [0.4, 0.5) is 23.7 Å². The second-order valence-electron chi connectivity index (χ2n) is 9.36. The van der Waals surface area contributed by atoms with Gasteiger partial charge < -0.3 is 30.1 Å². The summed E-state index contributed by atoms with van der Waals surface area (Å²) >= 11 is 6.29. The third-order valence-electron chi connectivity index (χ3n) is 6.54. The highest BCUT2D eigenvalue weighted by molar-refractivity contribution is 6.34. The molecule has 2 heterocycles.